The summed E-state index contributed by atoms with van der Waals surface area (Å²) in [5, 5.41) is 18.8. The van der Waals surface area contributed by atoms with Crippen molar-refractivity contribution in [1.82, 2.24) is 4.90 Å². The molecule has 0 heterocycles. The molecule has 0 aromatic heterocycles. The molecule has 0 fully saturated rings. The fourth-order valence-corrected chi connectivity index (χ4v) is 1.98. The lowest BCUT2D eigenvalue weighted by molar-refractivity contribution is 0.225. The fraction of sp³-hybridized carbons (Fsp3) is 0.538. The van der Waals surface area contributed by atoms with Crippen LogP contribution in [0.4, 0.5) is 0 Å². The van der Waals surface area contributed by atoms with Crippen LogP contribution in [0.15, 0.2) is 18.2 Å². The number of benzene rings is 1. The van der Waals surface area contributed by atoms with Crippen LogP contribution in [0.2, 0.25) is 0 Å². The van der Waals surface area contributed by atoms with Crippen molar-refractivity contribution in [3.05, 3.63) is 23.8 Å². The van der Waals surface area contributed by atoms with Gasteiger partial charge in [0.15, 0.2) is 0 Å². The highest BCUT2D eigenvalue weighted by molar-refractivity contribution is 6.59. The minimum atomic E-state index is -1.45. The van der Waals surface area contributed by atoms with E-state index in [0.717, 1.165) is 17.9 Å². The molecule has 2 N–H and O–H groups in total. The Balaban J connectivity index is 3.03. The number of ether oxygens (including phenoxy) is 1. The Bertz CT molecular complexity index is 382. The molecule has 0 saturated heterocycles. The van der Waals surface area contributed by atoms with Crippen molar-refractivity contribution in [3.63, 3.8) is 0 Å². The average Bonchev–Trinajstić information content (AvgIpc) is 2.34. The van der Waals surface area contributed by atoms with Crippen LogP contribution < -0.4 is 10.2 Å². The van der Waals surface area contributed by atoms with Crippen LogP contribution in [-0.2, 0) is 6.54 Å². The van der Waals surface area contributed by atoms with Gasteiger partial charge in [-0.1, -0.05) is 13.0 Å². The van der Waals surface area contributed by atoms with Crippen LogP contribution in [0, 0.1) is 0 Å². The molecule has 0 radical (unpaired) electrons. The molecule has 18 heavy (non-hydrogen) atoms. The first-order valence-electron chi connectivity index (χ1n) is 6.26. The Morgan fingerprint density at radius 3 is 2.44 bits per heavy atom. The molecular weight excluding hydrogens is 229 g/mol. The fourth-order valence-electron chi connectivity index (χ4n) is 1.98. The first-order valence-corrected chi connectivity index (χ1v) is 6.26. The maximum atomic E-state index is 9.39. The molecule has 1 aromatic carbocycles. The van der Waals surface area contributed by atoms with Crippen molar-refractivity contribution in [2.24, 2.45) is 0 Å². The maximum Gasteiger partial charge on any atom is 0.488 e. The van der Waals surface area contributed by atoms with E-state index in [-0.39, 0.29) is 0 Å². The second kappa shape index (κ2) is 6.78. The molecule has 4 nitrogen and oxygen atoms in total. The average molecular weight is 251 g/mol. The van der Waals surface area contributed by atoms with Gasteiger partial charge in [0, 0.05) is 12.6 Å². The zero-order valence-electron chi connectivity index (χ0n) is 11.6. The Morgan fingerprint density at radius 1 is 1.33 bits per heavy atom. The molecule has 0 spiro atoms. The van der Waals surface area contributed by atoms with Gasteiger partial charge in [-0.05, 0) is 43.6 Å². The lowest BCUT2D eigenvalue weighted by Crippen LogP contribution is -2.37. The Labute approximate surface area is 109 Å². The van der Waals surface area contributed by atoms with Gasteiger partial charge in [0.2, 0.25) is 0 Å². The third-order valence-corrected chi connectivity index (χ3v) is 3.14. The van der Waals surface area contributed by atoms with Gasteiger partial charge in [-0.25, -0.2) is 0 Å². The monoisotopic (exact) mass is 251 g/mol. The van der Waals surface area contributed by atoms with Gasteiger partial charge in [0.1, 0.15) is 5.75 Å². The van der Waals surface area contributed by atoms with Crippen molar-refractivity contribution in [2.75, 3.05) is 13.7 Å². The standard InChI is InChI=1S/C13H22BNO3/c1-5-15(10(2)3)9-11-8-12(18-4)6-7-13(11)14(16)17/h6-8,10,16-17H,5,9H2,1-4H3. The van der Waals surface area contributed by atoms with Crippen LogP contribution in [0.3, 0.4) is 0 Å². The molecule has 100 valence electrons. The first-order chi connectivity index (χ1) is 8.49. The van der Waals surface area contributed by atoms with Gasteiger partial charge in [0.25, 0.3) is 0 Å². The Hall–Kier alpha value is -1.04. The van der Waals surface area contributed by atoms with Crippen molar-refractivity contribution in [3.8, 4) is 5.75 Å². The molecule has 0 aliphatic heterocycles. The number of methoxy groups -OCH3 is 1. The molecule has 0 atom stereocenters. The molecule has 0 saturated carbocycles. The summed E-state index contributed by atoms with van der Waals surface area (Å²) in [6, 6.07) is 5.71. The zero-order valence-corrected chi connectivity index (χ0v) is 11.6. The smallest absolute Gasteiger partial charge is 0.488 e. The molecule has 1 rings (SSSR count). The second-order valence-electron chi connectivity index (χ2n) is 4.60. The minimum absolute atomic E-state index is 0.407. The number of hydrogen-bond donors (Lipinski definition) is 2. The molecule has 0 unspecified atom stereocenters. The van der Waals surface area contributed by atoms with E-state index >= 15 is 0 Å². The summed E-state index contributed by atoms with van der Waals surface area (Å²) in [7, 11) is 0.158. The molecule has 5 heteroatoms. The molecule has 0 amide bonds. The van der Waals surface area contributed by atoms with E-state index in [9.17, 15) is 10.0 Å². The molecule has 1 aromatic rings. The third-order valence-electron chi connectivity index (χ3n) is 3.14. The number of nitrogens with zero attached hydrogens (tertiary/aromatic N) is 1. The summed E-state index contributed by atoms with van der Waals surface area (Å²) < 4.78 is 5.18. The van der Waals surface area contributed by atoms with E-state index in [1.54, 1.807) is 19.2 Å². The molecule has 0 aliphatic carbocycles. The zero-order chi connectivity index (χ0) is 13.7. The highest BCUT2D eigenvalue weighted by atomic mass is 16.5. The predicted octanol–water partition coefficient (Wildman–Crippen LogP) is 0.605. The van der Waals surface area contributed by atoms with Gasteiger partial charge in [-0.15, -0.1) is 0 Å². The SMILES string of the molecule is CCN(Cc1cc(OC)ccc1B(O)O)C(C)C. The second-order valence-corrected chi connectivity index (χ2v) is 4.60. The van der Waals surface area contributed by atoms with Gasteiger partial charge in [0.05, 0.1) is 7.11 Å². The van der Waals surface area contributed by atoms with Gasteiger partial charge in [-0.3, -0.25) is 4.90 Å². The lowest BCUT2D eigenvalue weighted by atomic mass is 9.76. The summed E-state index contributed by atoms with van der Waals surface area (Å²) in [5.74, 6) is 0.731. The molecular formula is C13H22BNO3. The third kappa shape index (κ3) is 3.73. The van der Waals surface area contributed by atoms with Crippen LogP contribution >= 0.6 is 0 Å². The first kappa shape index (κ1) is 15.0. The predicted molar refractivity (Wildman–Crippen MR) is 74.0 cm³/mol. The maximum absolute atomic E-state index is 9.39. The van der Waals surface area contributed by atoms with Gasteiger partial charge >= 0.3 is 7.12 Å². The lowest BCUT2D eigenvalue weighted by Gasteiger charge is -2.26. The van der Waals surface area contributed by atoms with E-state index < -0.39 is 7.12 Å². The quantitative estimate of drug-likeness (QED) is 0.727. The summed E-state index contributed by atoms with van der Waals surface area (Å²) in [6.45, 7) is 7.93. The summed E-state index contributed by atoms with van der Waals surface area (Å²) in [5.41, 5.74) is 1.43. The van der Waals surface area contributed by atoms with Crippen LogP contribution in [0.25, 0.3) is 0 Å². The van der Waals surface area contributed by atoms with Crippen molar-refractivity contribution in [1.29, 1.82) is 0 Å². The van der Waals surface area contributed by atoms with Crippen LogP contribution in [0.1, 0.15) is 26.3 Å². The highest BCUT2D eigenvalue weighted by Crippen LogP contribution is 2.14. The summed E-state index contributed by atoms with van der Waals surface area (Å²) in [4.78, 5) is 2.25. The Kier molecular flexibility index (Phi) is 5.66. The van der Waals surface area contributed by atoms with Gasteiger partial charge in [-0.2, -0.15) is 0 Å². The topological polar surface area (TPSA) is 52.9 Å². The van der Waals surface area contributed by atoms with Gasteiger partial charge < -0.3 is 14.8 Å². The van der Waals surface area contributed by atoms with Crippen molar-refractivity contribution in [2.45, 2.75) is 33.4 Å². The number of hydrogen-bond acceptors (Lipinski definition) is 4. The van der Waals surface area contributed by atoms with E-state index in [1.165, 1.54) is 0 Å². The van der Waals surface area contributed by atoms with Crippen molar-refractivity contribution < 1.29 is 14.8 Å². The normalized spacial score (nSPS) is 11.1. The van der Waals surface area contributed by atoms with Crippen LogP contribution in [-0.4, -0.2) is 41.8 Å². The Morgan fingerprint density at radius 2 is 2.00 bits per heavy atom. The van der Waals surface area contributed by atoms with E-state index in [2.05, 4.69) is 25.7 Å². The molecule has 0 aliphatic rings. The van der Waals surface area contributed by atoms with Crippen LogP contribution in [0.5, 0.6) is 5.75 Å². The summed E-state index contributed by atoms with van der Waals surface area (Å²) in [6.07, 6.45) is 0. The molecule has 0 bridgehead atoms. The largest absolute Gasteiger partial charge is 0.497 e. The van der Waals surface area contributed by atoms with E-state index in [4.69, 9.17) is 4.74 Å². The highest BCUT2D eigenvalue weighted by Gasteiger charge is 2.19. The number of rotatable bonds is 6. The van der Waals surface area contributed by atoms with E-state index in [0.29, 0.717) is 18.0 Å². The van der Waals surface area contributed by atoms with E-state index in [1.807, 2.05) is 6.07 Å². The summed E-state index contributed by atoms with van der Waals surface area (Å²) >= 11 is 0. The van der Waals surface area contributed by atoms with Crippen molar-refractivity contribution >= 4 is 12.6 Å². The minimum Gasteiger partial charge on any atom is -0.497 e.